The first-order valence-corrected chi connectivity index (χ1v) is 9.85. The minimum atomic E-state index is -2.90. The minimum absolute atomic E-state index is 0.0614. The maximum absolute atomic E-state index is 14.0. The molecule has 0 radical (unpaired) electrons. The van der Waals surface area contributed by atoms with E-state index in [1.165, 1.54) is 35.3 Å². The van der Waals surface area contributed by atoms with Crippen LogP contribution in [0.25, 0.3) is 0 Å². The number of guanidine groups is 1. The maximum atomic E-state index is 14.0. The molecular weight excluding hydrogens is 382 g/mol. The lowest BCUT2D eigenvalue weighted by Gasteiger charge is -2.40. The second-order valence-corrected chi connectivity index (χ2v) is 8.13. The molecule has 0 fully saturated rings. The Labute approximate surface area is 167 Å². The first-order valence-electron chi connectivity index (χ1n) is 9.03. The molecule has 150 valence electrons. The van der Waals surface area contributed by atoms with Crippen LogP contribution in [0.3, 0.4) is 0 Å². The van der Waals surface area contributed by atoms with Gasteiger partial charge in [-0.25, -0.2) is 13.8 Å². The molecule has 2 atom stereocenters. The highest BCUT2D eigenvalue weighted by molar-refractivity contribution is 7.16. The molecule has 8 heteroatoms. The fraction of sp³-hybridized carbons (Fsp3) is 0.400. The number of rotatable bonds is 5. The van der Waals surface area contributed by atoms with E-state index in [-0.39, 0.29) is 23.9 Å². The molecule has 0 saturated heterocycles. The number of anilines is 1. The highest BCUT2D eigenvalue weighted by Gasteiger charge is 2.48. The third-order valence-electron chi connectivity index (χ3n) is 5.29. The molecular formula is C20H24F2N4OS. The number of aliphatic imine (C=N–C) groups is 1. The summed E-state index contributed by atoms with van der Waals surface area (Å²) in [7, 11) is 3.39. The lowest BCUT2D eigenvalue weighted by Crippen LogP contribution is -2.52. The fourth-order valence-corrected chi connectivity index (χ4v) is 4.44. The molecule has 0 saturated carbocycles. The summed E-state index contributed by atoms with van der Waals surface area (Å²) in [4.78, 5) is 20.0. The number of alkyl halides is 2. The SMILES string of the molecule is CCC(F)(F)c1ccc([C@H]2C(=O)N(C)C(N)=N[C@]2(C)c2ccc(NC)s2)cc1. The summed E-state index contributed by atoms with van der Waals surface area (Å²) in [6, 6.07) is 9.80. The zero-order chi connectivity index (χ0) is 20.7. The van der Waals surface area contributed by atoms with Crippen molar-refractivity contribution in [1.29, 1.82) is 0 Å². The van der Waals surface area contributed by atoms with Crippen LogP contribution in [0.4, 0.5) is 13.8 Å². The van der Waals surface area contributed by atoms with Crippen LogP contribution in [0, 0.1) is 0 Å². The molecule has 0 unspecified atom stereocenters. The van der Waals surface area contributed by atoms with Crippen molar-refractivity contribution in [3.63, 3.8) is 0 Å². The van der Waals surface area contributed by atoms with Gasteiger partial charge in [0.05, 0.1) is 10.9 Å². The molecule has 1 aromatic heterocycles. The van der Waals surface area contributed by atoms with E-state index in [0.29, 0.717) is 5.56 Å². The van der Waals surface area contributed by atoms with Crippen LogP contribution in [0.5, 0.6) is 0 Å². The number of benzene rings is 1. The molecule has 2 heterocycles. The molecule has 0 spiro atoms. The van der Waals surface area contributed by atoms with Crippen LogP contribution < -0.4 is 11.1 Å². The average molecular weight is 407 g/mol. The van der Waals surface area contributed by atoms with Crippen LogP contribution >= 0.6 is 11.3 Å². The van der Waals surface area contributed by atoms with Crippen molar-refractivity contribution < 1.29 is 13.6 Å². The van der Waals surface area contributed by atoms with E-state index in [2.05, 4.69) is 10.3 Å². The van der Waals surface area contributed by atoms with Crippen molar-refractivity contribution in [2.45, 2.75) is 37.6 Å². The molecule has 3 rings (SSSR count). The Hall–Kier alpha value is -2.48. The molecule has 5 nitrogen and oxygen atoms in total. The zero-order valence-corrected chi connectivity index (χ0v) is 17.1. The first-order chi connectivity index (χ1) is 13.1. The van der Waals surface area contributed by atoms with Crippen molar-refractivity contribution in [1.82, 2.24) is 4.90 Å². The van der Waals surface area contributed by atoms with Gasteiger partial charge in [0, 0.05) is 31.0 Å². The molecule has 1 aliphatic rings. The number of halogens is 2. The largest absolute Gasteiger partial charge is 0.380 e. The second kappa shape index (κ2) is 7.16. The highest BCUT2D eigenvalue weighted by Crippen LogP contribution is 2.47. The number of carbonyl (C=O) groups is 1. The van der Waals surface area contributed by atoms with Gasteiger partial charge >= 0.3 is 0 Å². The molecule has 28 heavy (non-hydrogen) atoms. The summed E-state index contributed by atoms with van der Waals surface area (Å²) < 4.78 is 28.0. The van der Waals surface area contributed by atoms with Gasteiger partial charge < -0.3 is 11.1 Å². The third-order valence-corrected chi connectivity index (χ3v) is 6.62. The number of carbonyl (C=O) groups excluding carboxylic acids is 1. The molecule has 3 N–H and O–H groups in total. The number of nitrogens with two attached hydrogens (primary N) is 1. The Morgan fingerprint density at radius 3 is 2.46 bits per heavy atom. The predicted octanol–water partition coefficient (Wildman–Crippen LogP) is 4.08. The summed E-state index contributed by atoms with van der Waals surface area (Å²) in [5.41, 5.74) is 5.65. The molecule has 0 aliphatic carbocycles. The van der Waals surface area contributed by atoms with E-state index in [4.69, 9.17) is 5.73 Å². The number of amides is 1. The van der Waals surface area contributed by atoms with Gasteiger partial charge in [0.1, 0.15) is 5.54 Å². The van der Waals surface area contributed by atoms with E-state index in [9.17, 15) is 13.6 Å². The fourth-order valence-electron chi connectivity index (χ4n) is 3.46. The zero-order valence-electron chi connectivity index (χ0n) is 16.3. The molecule has 1 aromatic carbocycles. The van der Waals surface area contributed by atoms with Gasteiger partial charge in [0.2, 0.25) is 5.91 Å². The number of likely N-dealkylation sites (N-methyl/N-ethyl adjacent to an activating group) is 1. The van der Waals surface area contributed by atoms with Crippen molar-refractivity contribution in [2.75, 3.05) is 19.4 Å². The summed E-state index contributed by atoms with van der Waals surface area (Å²) in [5, 5.41) is 4.02. The van der Waals surface area contributed by atoms with Gasteiger partial charge in [-0.3, -0.25) is 9.69 Å². The van der Waals surface area contributed by atoms with Crippen LogP contribution in [-0.4, -0.2) is 30.9 Å². The van der Waals surface area contributed by atoms with E-state index < -0.39 is 17.4 Å². The Morgan fingerprint density at radius 1 is 1.29 bits per heavy atom. The van der Waals surface area contributed by atoms with Gasteiger partial charge in [0.25, 0.3) is 5.92 Å². The number of nitrogens with one attached hydrogen (secondary N) is 1. The van der Waals surface area contributed by atoms with E-state index >= 15 is 0 Å². The molecule has 1 amide bonds. The normalized spacial score (nSPS) is 22.9. The van der Waals surface area contributed by atoms with Gasteiger partial charge in [0.15, 0.2) is 5.96 Å². The maximum Gasteiger partial charge on any atom is 0.273 e. The Bertz CT molecular complexity index is 909. The quantitative estimate of drug-likeness (QED) is 0.786. The first kappa shape index (κ1) is 20.3. The predicted molar refractivity (Wildman–Crippen MR) is 109 cm³/mol. The topological polar surface area (TPSA) is 70.7 Å². The van der Waals surface area contributed by atoms with E-state index in [1.54, 1.807) is 19.2 Å². The van der Waals surface area contributed by atoms with E-state index in [1.807, 2.05) is 26.1 Å². The molecule has 0 bridgehead atoms. The van der Waals surface area contributed by atoms with Crippen LogP contribution in [-0.2, 0) is 16.3 Å². The number of thiophene rings is 1. The van der Waals surface area contributed by atoms with Crippen LogP contribution in [0.15, 0.2) is 41.4 Å². The van der Waals surface area contributed by atoms with Crippen LogP contribution in [0.1, 0.15) is 42.2 Å². The van der Waals surface area contributed by atoms with Crippen molar-refractivity contribution >= 4 is 28.2 Å². The highest BCUT2D eigenvalue weighted by atomic mass is 32.1. The summed E-state index contributed by atoms with van der Waals surface area (Å²) >= 11 is 1.49. The lowest BCUT2D eigenvalue weighted by molar-refractivity contribution is -0.130. The van der Waals surface area contributed by atoms with Crippen molar-refractivity contribution in [3.8, 4) is 0 Å². The second-order valence-electron chi connectivity index (χ2n) is 7.04. The van der Waals surface area contributed by atoms with Gasteiger partial charge in [-0.1, -0.05) is 31.2 Å². The third kappa shape index (κ3) is 3.26. The Morgan fingerprint density at radius 2 is 1.93 bits per heavy atom. The standard InChI is InChI=1S/C20H24F2N4OS/c1-5-20(21,22)13-8-6-12(7-9-13)16-17(27)26(4)18(23)25-19(16,2)14-10-11-15(24-3)28-14/h6-11,16,24H,5H2,1-4H3,(H2,23,25)/t16-,19+/m0/s1. The number of hydrogen-bond acceptors (Lipinski definition) is 5. The number of nitrogens with zero attached hydrogens (tertiary/aromatic N) is 2. The summed E-state index contributed by atoms with van der Waals surface area (Å²) in [6.07, 6.45) is -0.280. The summed E-state index contributed by atoms with van der Waals surface area (Å²) in [6.45, 7) is 3.30. The van der Waals surface area contributed by atoms with Crippen LogP contribution in [0.2, 0.25) is 0 Å². The average Bonchev–Trinajstić information content (AvgIpc) is 3.17. The number of hydrogen-bond donors (Lipinski definition) is 2. The molecule has 1 aliphatic heterocycles. The van der Waals surface area contributed by atoms with Gasteiger partial charge in [-0.05, 0) is 24.6 Å². The van der Waals surface area contributed by atoms with Crippen molar-refractivity contribution in [3.05, 3.63) is 52.4 Å². The Kier molecular flexibility index (Phi) is 5.18. The molecule has 2 aromatic rings. The van der Waals surface area contributed by atoms with Gasteiger partial charge in [-0.15, -0.1) is 11.3 Å². The minimum Gasteiger partial charge on any atom is -0.380 e. The smallest absolute Gasteiger partial charge is 0.273 e. The van der Waals surface area contributed by atoms with E-state index in [0.717, 1.165) is 9.88 Å². The van der Waals surface area contributed by atoms with Crippen molar-refractivity contribution in [2.24, 2.45) is 10.7 Å². The Balaban J connectivity index is 2.11. The monoisotopic (exact) mass is 406 g/mol. The lowest BCUT2D eigenvalue weighted by atomic mass is 9.77. The summed E-state index contributed by atoms with van der Waals surface area (Å²) in [5.74, 6) is -3.65. The van der Waals surface area contributed by atoms with Gasteiger partial charge in [-0.2, -0.15) is 0 Å².